The van der Waals surface area contributed by atoms with Gasteiger partial charge in [0.05, 0.1) is 16.3 Å². The zero-order valence-corrected chi connectivity index (χ0v) is 11.1. The van der Waals surface area contributed by atoms with E-state index in [2.05, 4.69) is 10.3 Å². The van der Waals surface area contributed by atoms with Crippen LogP contribution >= 0.6 is 23.2 Å². The molecule has 2 rings (SSSR count). The number of anilines is 1. The maximum Gasteiger partial charge on any atom is 0.257 e. The van der Waals surface area contributed by atoms with Crippen molar-refractivity contribution in [1.82, 2.24) is 4.98 Å². The van der Waals surface area contributed by atoms with Crippen LogP contribution in [0.3, 0.4) is 0 Å². The zero-order chi connectivity index (χ0) is 13.1. The van der Waals surface area contributed by atoms with Gasteiger partial charge in [0.25, 0.3) is 5.91 Å². The lowest BCUT2D eigenvalue weighted by Gasteiger charge is -2.08. The lowest BCUT2D eigenvalue weighted by molar-refractivity contribution is 0.102. The topological polar surface area (TPSA) is 42.0 Å². The van der Waals surface area contributed by atoms with E-state index in [-0.39, 0.29) is 11.1 Å². The van der Waals surface area contributed by atoms with Crippen LogP contribution in [0.1, 0.15) is 15.9 Å². The molecular formula is C13H10Cl2N2O. The van der Waals surface area contributed by atoms with E-state index in [0.29, 0.717) is 16.3 Å². The molecule has 0 saturated heterocycles. The Bertz CT molecular complexity index is 599. The van der Waals surface area contributed by atoms with Gasteiger partial charge in [-0.15, -0.1) is 0 Å². The SMILES string of the molecule is Cc1cnc(Cl)c(NC(=O)c2ccccc2Cl)c1. The van der Waals surface area contributed by atoms with Crippen LogP contribution in [0, 0.1) is 6.92 Å². The first-order chi connectivity index (χ1) is 8.58. The van der Waals surface area contributed by atoms with E-state index in [9.17, 15) is 4.79 Å². The second-order valence-corrected chi connectivity index (χ2v) is 4.55. The number of nitrogens with one attached hydrogen (secondary N) is 1. The Labute approximate surface area is 115 Å². The first kappa shape index (κ1) is 12.9. The molecule has 0 fully saturated rings. The molecule has 92 valence electrons. The average Bonchev–Trinajstić information content (AvgIpc) is 2.34. The molecule has 0 aliphatic carbocycles. The lowest BCUT2D eigenvalue weighted by atomic mass is 10.2. The molecule has 0 saturated carbocycles. The number of amides is 1. The second-order valence-electron chi connectivity index (χ2n) is 3.79. The zero-order valence-electron chi connectivity index (χ0n) is 9.58. The molecule has 0 atom stereocenters. The maximum atomic E-state index is 12.0. The van der Waals surface area contributed by atoms with Crippen LogP contribution in [-0.4, -0.2) is 10.9 Å². The van der Waals surface area contributed by atoms with Crippen molar-refractivity contribution in [3.8, 4) is 0 Å². The van der Waals surface area contributed by atoms with Crippen LogP contribution in [0.2, 0.25) is 10.2 Å². The number of carbonyl (C=O) groups is 1. The fourth-order valence-corrected chi connectivity index (χ4v) is 1.85. The number of pyridine rings is 1. The molecule has 0 aliphatic heterocycles. The summed E-state index contributed by atoms with van der Waals surface area (Å²) in [7, 11) is 0. The van der Waals surface area contributed by atoms with E-state index in [0.717, 1.165) is 5.56 Å². The van der Waals surface area contributed by atoms with Gasteiger partial charge in [0.2, 0.25) is 0 Å². The van der Waals surface area contributed by atoms with Crippen molar-refractivity contribution in [2.45, 2.75) is 6.92 Å². The lowest BCUT2D eigenvalue weighted by Crippen LogP contribution is -2.13. The van der Waals surface area contributed by atoms with Crippen molar-refractivity contribution in [2.24, 2.45) is 0 Å². The number of aromatic nitrogens is 1. The molecule has 2 aromatic rings. The predicted octanol–water partition coefficient (Wildman–Crippen LogP) is 3.95. The summed E-state index contributed by atoms with van der Waals surface area (Å²) in [6.45, 7) is 1.87. The Morgan fingerprint density at radius 1 is 1.28 bits per heavy atom. The van der Waals surface area contributed by atoms with E-state index in [1.165, 1.54) is 0 Å². The van der Waals surface area contributed by atoms with E-state index in [4.69, 9.17) is 23.2 Å². The number of nitrogens with zero attached hydrogens (tertiary/aromatic N) is 1. The largest absolute Gasteiger partial charge is 0.319 e. The van der Waals surface area contributed by atoms with Gasteiger partial charge in [0.1, 0.15) is 0 Å². The summed E-state index contributed by atoms with van der Waals surface area (Å²) in [5, 5.41) is 3.34. The van der Waals surface area contributed by atoms with Gasteiger partial charge in [0.15, 0.2) is 5.15 Å². The van der Waals surface area contributed by atoms with Gasteiger partial charge in [0, 0.05) is 6.20 Å². The molecule has 0 spiro atoms. The Balaban J connectivity index is 2.27. The van der Waals surface area contributed by atoms with Gasteiger partial charge in [-0.3, -0.25) is 4.79 Å². The third kappa shape index (κ3) is 2.81. The molecule has 1 heterocycles. The molecule has 3 nitrogen and oxygen atoms in total. The molecule has 18 heavy (non-hydrogen) atoms. The van der Waals surface area contributed by atoms with Gasteiger partial charge in [-0.25, -0.2) is 4.98 Å². The minimum absolute atomic E-state index is 0.251. The molecule has 0 unspecified atom stereocenters. The minimum atomic E-state index is -0.310. The number of rotatable bonds is 2. The second kappa shape index (κ2) is 5.38. The van der Waals surface area contributed by atoms with Gasteiger partial charge >= 0.3 is 0 Å². The summed E-state index contributed by atoms with van der Waals surface area (Å²) in [5.74, 6) is -0.310. The highest BCUT2D eigenvalue weighted by Crippen LogP contribution is 2.22. The summed E-state index contributed by atoms with van der Waals surface area (Å²) in [5.41, 5.74) is 1.78. The quantitative estimate of drug-likeness (QED) is 0.847. The van der Waals surface area contributed by atoms with Crippen molar-refractivity contribution in [1.29, 1.82) is 0 Å². The fourth-order valence-electron chi connectivity index (χ4n) is 1.48. The van der Waals surface area contributed by atoms with Crippen LogP contribution in [0.4, 0.5) is 5.69 Å². The normalized spacial score (nSPS) is 10.2. The summed E-state index contributed by atoms with van der Waals surface area (Å²) in [6, 6.07) is 8.57. The molecule has 1 aromatic carbocycles. The van der Waals surface area contributed by atoms with Crippen molar-refractivity contribution in [3.05, 3.63) is 57.8 Å². The molecule has 5 heteroatoms. The summed E-state index contributed by atoms with van der Waals surface area (Å²) < 4.78 is 0. The number of benzene rings is 1. The van der Waals surface area contributed by atoms with E-state index < -0.39 is 0 Å². The summed E-state index contributed by atoms with van der Waals surface area (Å²) >= 11 is 11.9. The van der Waals surface area contributed by atoms with Gasteiger partial charge in [-0.1, -0.05) is 35.3 Å². The third-order valence-corrected chi connectivity index (χ3v) is 2.97. The molecular weight excluding hydrogens is 271 g/mol. The third-order valence-electron chi connectivity index (χ3n) is 2.34. The Morgan fingerprint density at radius 3 is 2.72 bits per heavy atom. The van der Waals surface area contributed by atoms with E-state index in [1.807, 2.05) is 6.92 Å². The molecule has 1 N–H and O–H groups in total. The van der Waals surface area contributed by atoms with Crippen molar-refractivity contribution >= 4 is 34.8 Å². The van der Waals surface area contributed by atoms with E-state index in [1.54, 1.807) is 36.5 Å². The fraction of sp³-hybridized carbons (Fsp3) is 0.0769. The summed E-state index contributed by atoms with van der Waals surface area (Å²) in [6.07, 6.45) is 1.63. The number of carbonyl (C=O) groups excluding carboxylic acids is 1. The maximum absolute atomic E-state index is 12.0. The molecule has 0 radical (unpaired) electrons. The van der Waals surface area contributed by atoms with Crippen LogP contribution in [0.5, 0.6) is 0 Å². The number of halogens is 2. The predicted molar refractivity (Wildman–Crippen MR) is 73.4 cm³/mol. The van der Waals surface area contributed by atoms with E-state index >= 15 is 0 Å². The molecule has 1 aromatic heterocycles. The van der Waals surface area contributed by atoms with Gasteiger partial charge < -0.3 is 5.32 Å². The number of aryl methyl sites for hydroxylation is 1. The standard InChI is InChI=1S/C13H10Cl2N2O/c1-8-6-11(12(15)16-7-8)17-13(18)9-4-2-3-5-10(9)14/h2-7H,1H3,(H,17,18). The number of hydrogen-bond donors (Lipinski definition) is 1. The van der Waals surface area contributed by atoms with Crippen molar-refractivity contribution in [2.75, 3.05) is 5.32 Å². The highest BCUT2D eigenvalue weighted by Gasteiger charge is 2.12. The van der Waals surface area contributed by atoms with Gasteiger partial charge in [-0.2, -0.15) is 0 Å². The van der Waals surface area contributed by atoms with Gasteiger partial charge in [-0.05, 0) is 30.7 Å². The molecule has 1 amide bonds. The first-order valence-corrected chi connectivity index (χ1v) is 6.01. The molecule has 0 bridgehead atoms. The highest BCUT2D eigenvalue weighted by atomic mass is 35.5. The van der Waals surface area contributed by atoms with Crippen molar-refractivity contribution < 1.29 is 4.79 Å². The van der Waals surface area contributed by atoms with Crippen LogP contribution in [0.15, 0.2) is 36.5 Å². The average molecular weight is 281 g/mol. The van der Waals surface area contributed by atoms with Crippen LogP contribution in [-0.2, 0) is 0 Å². The number of hydrogen-bond acceptors (Lipinski definition) is 2. The Hall–Kier alpha value is -1.58. The monoisotopic (exact) mass is 280 g/mol. The highest BCUT2D eigenvalue weighted by molar-refractivity contribution is 6.35. The first-order valence-electron chi connectivity index (χ1n) is 5.26. The minimum Gasteiger partial charge on any atom is -0.319 e. The Kier molecular flexibility index (Phi) is 3.84. The Morgan fingerprint density at radius 2 is 2.00 bits per heavy atom. The summed E-state index contributed by atoms with van der Waals surface area (Å²) in [4.78, 5) is 16.0. The smallest absolute Gasteiger partial charge is 0.257 e. The van der Waals surface area contributed by atoms with Crippen molar-refractivity contribution in [3.63, 3.8) is 0 Å². The molecule has 0 aliphatic rings. The van der Waals surface area contributed by atoms with Crippen LogP contribution in [0.25, 0.3) is 0 Å². The van der Waals surface area contributed by atoms with Crippen LogP contribution < -0.4 is 5.32 Å².